The lowest BCUT2D eigenvalue weighted by Gasteiger charge is -2.44. The monoisotopic (exact) mass is 417 g/mol. The Balaban J connectivity index is 1.43. The predicted octanol–water partition coefficient (Wildman–Crippen LogP) is 4.30. The smallest absolute Gasteiger partial charge is 0.275 e. The minimum Gasteiger partial charge on any atom is -0.487 e. The minimum atomic E-state index is -0.714. The van der Waals surface area contributed by atoms with Crippen molar-refractivity contribution in [1.82, 2.24) is 15.1 Å². The molecule has 2 aliphatic rings. The first-order chi connectivity index (χ1) is 15.1. The van der Waals surface area contributed by atoms with Crippen LogP contribution in [0.1, 0.15) is 63.1 Å². The number of para-hydroxylation sites is 1. The molecule has 160 valence electrons. The molecule has 1 fully saturated rings. The van der Waals surface area contributed by atoms with Gasteiger partial charge in [-0.15, -0.1) is 0 Å². The fourth-order valence-corrected chi connectivity index (χ4v) is 5.03. The minimum absolute atomic E-state index is 0.144. The van der Waals surface area contributed by atoms with E-state index in [1.165, 1.54) is 11.1 Å². The van der Waals surface area contributed by atoms with E-state index in [1.807, 2.05) is 42.5 Å². The Labute approximate surface area is 181 Å². The molecule has 2 aromatic carbocycles. The van der Waals surface area contributed by atoms with Crippen molar-refractivity contribution < 1.29 is 9.53 Å². The Morgan fingerprint density at radius 3 is 2.71 bits per heavy atom. The molecule has 31 heavy (non-hydrogen) atoms. The van der Waals surface area contributed by atoms with E-state index in [4.69, 9.17) is 4.74 Å². The molecule has 1 spiro atoms. The zero-order valence-electron chi connectivity index (χ0n) is 17.7. The summed E-state index contributed by atoms with van der Waals surface area (Å²) in [7, 11) is 0. The van der Waals surface area contributed by atoms with E-state index < -0.39 is 6.04 Å². The van der Waals surface area contributed by atoms with E-state index >= 15 is 0 Å². The van der Waals surface area contributed by atoms with Crippen LogP contribution in [0.2, 0.25) is 0 Å². The summed E-state index contributed by atoms with van der Waals surface area (Å²) in [6.45, 7) is 1.72. The number of nitrogens with one attached hydrogen (secondary N) is 1. The highest BCUT2D eigenvalue weighted by Gasteiger charge is 2.42. The molecule has 5 rings (SSSR count). The largest absolute Gasteiger partial charge is 0.487 e. The molecule has 1 aliphatic carbocycles. The van der Waals surface area contributed by atoms with Gasteiger partial charge >= 0.3 is 0 Å². The molecule has 3 aromatic rings. The molecule has 2 atom stereocenters. The van der Waals surface area contributed by atoms with Gasteiger partial charge in [-0.2, -0.15) is 5.10 Å². The molecule has 1 aromatic heterocycles. The Kier molecular flexibility index (Phi) is 5.00. The molecular formula is C25H27N3O3. The highest BCUT2D eigenvalue weighted by atomic mass is 16.5. The van der Waals surface area contributed by atoms with Gasteiger partial charge in [-0.1, -0.05) is 42.8 Å². The SMILES string of the molecule is C[C@H](C(=O)N[C@@H]1CC2(CCCCC2)Oc2ccccc21)n1ncc2ccccc2c1=O. The lowest BCUT2D eigenvalue weighted by molar-refractivity contribution is -0.125. The zero-order chi connectivity index (χ0) is 21.4. The summed E-state index contributed by atoms with van der Waals surface area (Å²) >= 11 is 0. The maximum absolute atomic E-state index is 13.2. The molecule has 0 bridgehead atoms. The predicted molar refractivity (Wildman–Crippen MR) is 119 cm³/mol. The first kappa shape index (κ1) is 19.8. The average molecular weight is 418 g/mol. The average Bonchev–Trinajstić information content (AvgIpc) is 2.79. The third kappa shape index (κ3) is 3.60. The third-order valence-electron chi connectivity index (χ3n) is 6.75. The molecule has 0 saturated heterocycles. The van der Waals surface area contributed by atoms with Gasteiger partial charge in [0.05, 0.1) is 17.6 Å². The molecule has 0 radical (unpaired) electrons. The van der Waals surface area contributed by atoms with E-state index in [0.29, 0.717) is 5.39 Å². The van der Waals surface area contributed by atoms with Crippen molar-refractivity contribution >= 4 is 16.7 Å². The molecule has 1 N–H and O–H groups in total. The first-order valence-electron chi connectivity index (χ1n) is 11.1. The number of amides is 1. The van der Waals surface area contributed by atoms with Crippen LogP contribution in [-0.2, 0) is 4.79 Å². The number of hydrogen-bond acceptors (Lipinski definition) is 4. The van der Waals surface area contributed by atoms with Crippen LogP contribution in [0.25, 0.3) is 10.8 Å². The van der Waals surface area contributed by atoms with Gasteiger partial charge in [0.15, 0.2) is 0 Å². The second kappa shape index (κ2) is 7.84. The van der Waals surface area contributed by atoms with Crippen LogP contribution < -0.4 is 15.6 Å². The molecule has 1 saturated carbocycles. The number of carbonyl (C=O) groups is 1. The molecule has 1 amide bonds. The number of aromatic nitrogens is 2. The molecule has 1 aliphatic heterocycles. The fraction of sp³-hybridized carbons (Fsp3) is 0.400. The van der Waals surface area contributed by atoms with E-state index in [1.54, 1.807) is 19.2 Å². The Bertz CT molecular complexity index is 1180. The van der Waals surface area contributed by atoms with Gasteiger partial charge in [0, 0.05) is 17.4 Å². The molecule has 6 heteroatoms. The molecule has 6 nitrogen and oxygen atoms in total. The Morgan fingerprint density at radius 2 is 1.87 bits per heavy atom. The summed E-state index contributed by atoms with van der Waals surface area (Å²) in [5.74, 6) is 0.646. The highest BCUT2D eigenvalue weighted by molar-refractivity contribution is 5.83. The van der Waals surface area contributed by atoms with Crippen molar-refractivity contribution in [2.45, 2.75) is 63.1 Å². The molecular weight excluding hydrogens is 390 g/mol. The Hall–Kier alpha value is -3.15. The third-order valence-corrected chi connectivity index (χ3v) is 6.75. The fourth-order valence-electron chi connectivity index (χ4n) is 5.03. The van der Waals surface area contributed by atoms with Crippen LogP contribution in [0, 0.1) is 0 Å². The van der Waals surface area contributed by atoms with E-state index in [2.05, 4.69) is 10.4 Å². The molecule has 0 unspecified atom stereocenters. The van der Waals surface area contributed by atoms with Crippen molar-refractivity contribution in [2.75, 3.05) is 0 Å². The van der Waals surface area contributed by atoms with Gasteiger partial charge in [0.2, 0.25) is 5.91 Å². The van der Waals surface area contributed by atoms with Crippen LogP contribution in [0.3, 0.4) is 0 Å². The normalized spacial score (nSPS) is 20.6. The summed E-state index contributed by atoms with van der Waals surface area (Å²) in [6.07, 6.45) is 7.94. The summed E-state index contributed by atoms with van der Waals surface area (Å²) in [4.78, 5) is 26.1. The quantitative estimate of drug-likeness (QED) is 0.690. The highest BCUT2D eigenvalue weighted by Crippen LogP contribution is 2.46. The van der Waals surface area contributed by atoms with Gasteiger partial charge < -0.3 is 10.1 Å². The Morgan fingerprint density at radius 1 is 1.13 bits per heavy atom. The van der Waals surface area contributed by atoms with E-state index in [0.717, 1.165) is 48.8 Å². The van der Waals surface area contributed by atoms with E-state index in [-0.39, 0.29) is 23.1 Å². The summed E-state index contributed by atoms with van der Waals surface area (Å²) in [5.41, 5.74) is 0.529. The summed E-state index contributed by atoms with van der Waals surface area (Å²) < 4.78 is 7.74. The number of fused-ring (bicyclic) bond motifs is 2. The number of ether oxygens (including phenoxy) is 1. The summed E-state index contributed by atoms with van der Waals surface area (Å²) in [5, 5.41) is 8.81. The number of hydrogen-bond donors (Lipinski definition) is 1. The van der Waals surface area contributed by atoms with Crippen LogP contribution in [0.15, 0.2) is 59.5 Å². The van der Waals surface area contributed by atoms with Crippen LogP contribution in [0.4, 0.5) is 0 Å². The maximum atomic E-state index is 13.2. The second-order valence-electron chi connectivity index (χ2n) is 8.81. The van der Waals surface area contributed by atoms with Gasteiger partial charge in [-0.25, -0.2) is 4.68 Å². The number of nitrogens with zero attached hydrogens (tertiary/aromatic N) is 2. The molecule has 2 heterocycles. The lowest BCUT2D eigenvalue weighted by atomic mass is 9.77. The van der Waals surface area contributed by atoms with Gasteiger partial charge in [-0.05, 0) is 44.7 Å². The van der Waals surface area contributed by atoms with Crippen molar-refractivity contribution in [3.05, 3.63) is 70.6 Å². The zero-order valence-corrected chi connectivity index (χ0v) is 17.7. The van der Waals surface area contributed by atoms with Crippen molar-refractivity contribution in [2.24, 2.45) is 0 Å². The second-order valence-corrected chi connectivity index (χ2v) is 8.81. The maximum Gasteiger partial charge on any atom is 0.275 e. The topological polar surface area (TPSA) is 73.2 Å². The first-order valence-corrected chi connectivity index (χ1v) is 11.1. The van der Waals surface area contributed by atoms with Crippen molar-refractivity contribution in [1.29, 1.82) is 0 Å². The standard InChI is InChI=1S/C25H27N3O3/c1-17(28-24(30)19-10-4-3-9-18(19)16-26-28)23(29)27-21-15-25(13-7-2-8-14-25)31-22-12-6-5-11-20(21)22/h3-6,9-12,16-17,21H,2,7-8,13-15H2,1H3,(H,27,29)/t17-,21-/m1/s1. The summed E-state index contributed by atoms with van der Waals surface area (Å²) in [6, 6.07) is 14.4. The van der Waals surface area contributed by atoms with Gasteiger partial charge in [0.25, 0.3) is 5.56 Å². The van der Waals surface area contributed by atoms with E-state index in [9.17, 15) is 9.59 Å². The number of carbonyl (C=O) groups excluding carboxylic acids is 1. The van der Waals surface area contributed by atoms with Crippen LogP contribution in [0.5, 0.6) is 5.75 Å². The van der Waals surface area contributed by atoms with Crippen molar-refractivity contribution in [3.8, 4) is 5.75 Å². The number of rotatable bonds is 3. The van der Waals surface area contributed by atoms with Crippen LogP contribution in [-0.4, -0.2) is 21.3 Å². The van der Waals surface area contributed by atoms with Gasteiger partial charge in [-0.3, -0.25) is 9.59 Å². The van der Waals surface area contributed by atoms with Crippen molar-refractivity contribution in [3.63, 3.8) is 0 Å². The van der Waals surface area contributed by atoms with Crippen LogP contribution >= 0.6 is 0 Å². The number of benzene rings is 2. The lowest BCUT2D eigenvalue weighted by Crippen LogP contribution is -2.47. The van der Waals surface area contributed by atoms with Gasteiger partial charge in [0.1, 0.15) is 17.4 Å².